The van der Waals surface area contributed by atoms with Crippen LogP contribution in [-0.2, 0) is 6.42 Å². The minimum atomic E-state index is -2.55. The molecule has 0 aromatic carbocycles. The first-order valence-electron chi connectivity index (χ1n) is 7.36. The van der Waals surface area contributed by atoms with Crippen molar-refractivity contribution >= 4 is 17.4 Å². The first-order valence-corrected chi connectivity index (χ1v) is 7.36. The van der Waals surface area contributed by atoms with Crippen LogP contribution in [0.15, 0.2) is 18.5 Å². The third-order valence-corrected chi connectivity index (χ3v) is 3.63. The van der Waals surface area contributed by atoms with E-state index in [9.17, 15) is 8.78 Å². The number of hydrogen-bond donors (Lipinski definition) is 2. The molecule has 0 radical (unpaired) electrons. The van der Waals surface area contributed by atoms with E-state index in [1.165, 1.54) is 16.9 Å². The van der Waals surface area contributed by atoms with E-state index in [2.05, 4.69) is 25.4 Å². The third-order valence-electron chi connectivity index (χ3n) is 3.63. The van der Waals surface area contributed by atoms with Gasteiger partial charge >= 0.3 is 0 Å². The lowest BCUT2D eigenvalue weighted by Gasteiger charge is -2.12. The number of nitrogens with one attached hydrogen (secondary N) is 1. The number of pyridine rings is 1. The lowest BCUT2D eigenvalue weighted by molar-refractivity contribution is 0.163. The molecule has 10 heteroatoms. The summed E-state index contributed by atoms with van der Waals surface area (Å²) >= 11 is 0. The fraction of sp³-hybridized carbons (Fsp3) is 0.267. The zero-order chi connectivity index (χ0) is 18.0. The van der Waals surface area contributed by atoms with E-state index in [4.69, 9.17) is 11.0 Å². The Labute approximate surface area is 141 Å². The van der Waals surface area contributed by atoms with Gasteiger partial charge in [-0.15, -0.1) is 0 Å². The monoisotopic (exact) mass is 344 g/mol. The van der Waals surface area contributed by atoms with E-state index in [0.717, 1.165) is 0 Å². The summed E-state index contributed by atoms with van der Waals surface area (Å²) < 4.78 is 26.2. The number of aromatic nitrogens is 5. The van der Waals surface area contributed by atoms with Crippen molar-refractivity contribution in [3.63, 3.8) is 0 Å². The van der Waals surface area contributed by atoms with Crippen LogP contribution in [0.4, 0.5) is 20.4 Å². The Hall–Kier alpha value is -3.35. The van der Waals surface area contributed by atoms with E-state index in [1.807, 2.05) is 6.07 Å². The highest BCUT2D eigenvalue weighted by molar-refractivity contribution is 5.54. The lowest BCUT2D eigenvalue weighted by atomic mass is 10.1. The van der Waals surface area contributed by atoms with Gasteiger partial charge in [-0.2, -0.15) is 19.9 Å². The van der Waals surface area contributed by atoms with Crippen LogP contribution in [0.3, 0.4) is 0 Å². The fourth-order valence-electron chi connectivity index (χ4n) is 2.41. The summed E-state index contributed by atoms with van der Waals surface area (Å²) in [5.41, 5.74) is 8.26. The van der Waals surface area contributed by atoms with Gasteiger partial charge in [-0.05, 0) is 19.1 Å². The van der Waals surface area contributed by atoms with Gasteiger partial charge in [0.2, 0.25) is 0 Å². The molecule has 3 heterocycles. The number of nitriles is 1. The van der Waals surface area contributed by atoms with Crippen molar-refractivity contribution in [3.8, 4) is 6.07 Å². The Balaban J connectivity index is 1.95. The predicted octanol–water partition coefficient (Wildman–Crippen LogP) is 1.55. The normalized spacial score (nSPS) is 11.0. The van der Waals surface area contributed by atoms with Gasteiger partial charge in [0.05, 0.1) is 12.1 Å². The average Bonchev–Trinajstić information content (AvgIpc) is 3.05. The molecule has 0 amide bonds. The largest absolute Gasteiger partial charge is 0.383 e. The zero-order valence-corrected chi connectivity index (χ0v) is 13.2. The highest BCUT2D eigenvalue weighted by Gasteiger charge is 2.14. The van der Waals surface area contributed by atoms with Crippen molar-refractivity contribution in [1.82, 2.24) is 24.6 Å². The smallest absolute Gasteiger partial charge is 0.255 e. The number of nitrogens with two attached hydrogens (primary N) is 1. The molecule has 0 unspecified atom stereocenters. The Morgan fingerprint density at radius 3 is 2.88 bits per heavy atom. The molecule has 0 saturated heterocycles. The van der Waals surface area contributed by atoms with Crippen molar-refractivity contribution in [1.29, 1.82) is 5.26 Å². The van der Waals surface area contributed by atoms with Crippen molar-refractivity contribution in [2.75, 3.05) is 17.6 Å². The van der Waals surface area contributed by atoms with Crippen LogP contribution >= 0.6 is 0 Å². The molecule has 0 spiro atoms. The van der Waals surface area contributed by atoms with E-state index in [1.54, 1.807) is 13.0 Å². The second-order valence-corrected chi connectivity index (χ2v) is 5.29. The SMILES string of the molecule is Cc1nc2ncnn2c(N)c1Cc1ccc(C#N)c(NCC(F)F)n1. The third kappa shape index (κ3) is 3.30. The second kappa shape index (κ2) is 6.64. The number of anilines is 2. The van der Waals surface area contributed by atoms with E-state index in [0.29, 0.717) is 35.0 Å². The Bertz CT molecular complexity index is 960. The molecular weight excluding hydrogens is 330 g/mol. The highest BCUT2D eigenvalue weighted by Crippen LogP contribution is 2.21. The minimum absolute atomic E-state index is 0.117. The van der Waals surface area contributed by atoms with Crippen LogP contribution in [0.2, 0.25) is 0 Å². The molecule has 128 valence electrons. The van der Waals surface area contributed by atoms with Gasteiger partial charge < -0.3 is 11.1 Å². The number of alkyl halides is 2. The number of rotatable bonds is 5. The standard InChI is InChI=1S/C15H14F2N8/c1-8-11(13(19)25-15(23-8)21-7-22-25)4-10-3-2-9(5-18)14(24-10)20-6-12(16)17/h2-3,7,12H,4,6,19H2,1H3,(H,20,24). The van der Waals surface area contributed by atoms with Gasteiger partial charge in [0.1, 0.15) is 24.0 Å². The van der Waals surface area contributed by atoms with Crippen molar-refractivity contribution in [2.24, 2.45) is 0 Å². The van der Waals surface area contributed by atoms with Gasteiger partial charge in [-0.3, -0.25) is 0 Å². The quantitative estimate of drug-likeness (QED) is 0.721. The summed E-state index contributed by atoms with van der Waals surface area (Å²) in [5.74, 6) is 0.894. The Kier molecular flexibility index (Phi) is 4.38. The Morgan fingerprint density at radius 2 is 2.16 bits per heavy atom. The maximum atomic E-state index is 12.4. The van der Waals surface area contributed by atoms with Crippen LogP contribution in [0.5, 0.6) is 0 Å². The molecule has 0 aliphatic rings. The lowest BCUT2D eigenvalue weighted by Crippen LogP contribution is -2.14. The van der Waals surface area contributed by atoms with Crippen LogP contribution < -0.4 is 11.1 Å². The number of nitrogen functional groups attached to an aromatic ring is 1. The van der Waals surface area contributed by atoms with Crippen LogP contribution in [-0.4, -0.2) is 37.5 Å². The van der Waals surface area contributed by atoms with Gasteiger partial charge in [-0.1, -0.05) is 0 Å². The van der Waals surface area contributed by atoms with E-state index < -0.39 is 13.0 Å². The summed E-state index contributed by atoms with van der Waals surface area (Å²) in [6.45, 7) is 1.21. The number of hydrogen-bond acceptors (Lipinski definition) is 7. The molecule has 25 heavy (non-hydrogen) atoms. The summed E-state index contributed by atoms with van der Waals surface area (Å²) in [4.78, 5) is 12.6. The number of nitrogens with zero attached hydrogens (tertiary/aromatic N) is 6. The van der Waals surface area contributed by atoms with Crippen molar-refractivity contribution in [2.45, 2.75) is 19.8 Å². The molecule has 3 aromatic rings. The molecule has 3 N–H and O–H groups in total. The molecule has 0 atom stereocenters. The fourth-order valence-corrected chi connectivity index (χ4v) is 2.41. The number of fused-ring (bicyclic) bond motifs is 1. The molecule has 0 saturated carbocycles. The summed E-state index contributed by atoms with van der Waals surface area (Å²) in [6, 6.07) is 5.10. The summed E-state index contributed by atoms with van der Waals surface area (Å²) in [6.07, 6.45) is -0.877. The molecule has 0 aliphatic carbocycles. The van der Waals surface area contributed by atoms with Crippen LogP contribution in [0.1, 0.15) is 22.5 Å². The molecular formula is C15H14F2N8. The average molecular weight is 344 g/mol. The maximum absolute atomic E-state index is 12.4. The number of halogens is 2. The summed E-state index contributed by atoms with van der Waals surface area (Å²) in [7, 11) is 0. The summed E-state index contributed by atoms with van der Waals surface area (Å²) in [5, 5.41) is 15.6. The molecule has 0 fully saturated rings. The van der Waals surface area contributed by atoms with Crippen molar-refractivity contribution in [3.05, 3.63) is 41.0 Å². The first kappa shape index (κ1) is 16.5. The zero-order valence-electron chi connectivity index (χ0n) is 13.2. The maximum Gasteiger partial charge on any atom is 0.255 e. The van der Waals surface area contributed by atoms with E-state index >= 15 is 0 Å². The molecule has 3 rings (SSSR count). The predicted molar refractivity (Wildman–Crippen MR) is 86.2 cm³/mol. The highest BCUT2D eigenvalue weighted by atomic mass is 19.3. The molecule has 8 nitrogen and oxygen atoms in total. The number of aryl methyl sites for hydroxylation is 1. The van der Waals surface area contributed by atoms with Gasteiger partial charge in [-0.25, -0.2) is 18.7 Å². The van der Waals surface area contributed by atoms with Gasteiger partial charge in [0.15, 0.2) is 0 Å². The van der Waals surface area contributed by atoms with Gasteiger partial charge in [0.25, 0.3) is 12.2 Å². The first-order chi connectivity index (χ1) is 12.0. The van der Waals surface area contributed by atoms with Crippen LogP contribution in [0, 0.1) is 18.3 Å². The Morgan fingerprint density at radius 1 is 1.36 bits per heavy atom. The topological polar surface area (TPSA) is 118 Å². The molecule has 0 aliphatic heterocycles. The van der Waals surface area contributed by atoms with Crippen LogP contribution in [0.25, 0.3) is 5.78 Å². The second-order valence-electron chi connectivity index (χ2n) is 5.29. The molecule has 3 aromatic heterocycles. The van der Waals surface area contributed by atoms with Gasteiger partial charge in [0, 0.05) is 23.4 Å². The molecule has 0 bridgehead atoms. The van der Waals surface area contributed by atoms with E-state index in [-0.39, 0.29) is 11.4 Å². The van der Waals surface area contributed by atoms with Crippen molar-refractivity contribution < 1.29 is 8.78 Å². The minimum Gasteiger partial charge on any atom is -0.383 e.